The molecule has 1 atom stereocenters. The van der Waals surface area contributed by atoms with E-state index >= 15 is 0 Å². The number of unbranched alkanes of at least 4 members (excludes halogenated alkanes) is 3. The van der Waals surface area contributed by atoms with Gasteiger partial charge in [-0.25, -0.2) is 4.39 Å². The number of carbonyl (C=O) groups is 2. The number of anilines is 1. The van der Waals surface area contributed by atoms with Gasteiger partial charge in [-0.15, -0.1) is 0 Å². The minimum atomic E-state index is -1.13. The summed E-state index contributed by atoms with van der Waals surface area (Å²) in [4.78, 5) is 27.7. The first-order valence-corrected chi connectivity index (χ1v) is 11.9. The minimum Gasteiger partial charge on any atom is -0.507 e. The fourth-order valence-corrected chi connectivity index (χ4v) is 4.28. The Labute approximate surface area is 204 Å². The molecule has 1 N–H and O–H groups in total. The van der Waals surface area contributed by atoms with Crippen LogP contribution in [0.2, 0.25) is 0 Å². The number of ketones is 1. The predicted molar refractivity (Wildman–Crippen MR) is 134 cm³/mol. The number of rotatable bonds is 9. The number of nitrogens with zero attached hydrogens (tertiary/aromatic N) is 1. The maximum Gasteiger partial charge on any atom is 0.300 e. The Morgan fingerprint density at radius 2 is 1.69 bits per heavy atom. The van der Waals surface area contributed by atoms with Gasteiger partial charge in [-0.1, -0.05) is 80.8 Å². The Bertz CT molecular complexity index is 1240. The van der Waals surface area contributed by atoms with Crippen molar-refractivity contribution < 1.29 is 23.8 Å². The molecule has 4 rings (SSSR count). The average Bonchev–Trinajstić information content (AvgIpc) is 3.14. The van der Waals surface area contributed by atoms with Crippen molar-refractivity contribution in [2.45, 2.75) is 38.6 Å². The Morgan fingerprint density at radius 1 is 0.943 bits per heavy atom. The lowest BCUT2D eigenvalue weighted by atomic mass is 9.94. The van der Waals surface area contributed by atoms with Crippen LogP contribution in [0.15, 0.2) is 84.4 Å². The van der Waals surface area contributed by atoms with Crippen LogP contribution in [0.3, 0.4) is 0 Å². The van der Waals surface area contributed by atoms with E-state index in [-0.39, 0.29) is 16.9 Å². The van der Waals surface area contributed by atoms with Gasteiger partial charge in [0.15, 0.2) is 0 Å². The summed E-state index contributed by atoms with van der Waals surface area (Å²) in [5, 5.41) is 11.1. The van der Waals surface area contributed by atoms with Crippen molar-refractivity contribution in [2.24, 2.45) is 0 Å². The molecule has 0 radical (unpaired) electrons. The molecule has 0 aromatic heterocycles. The number of aliphatic hydroxyl groups is 1. The molecule has 3 aromatic rings. The van der Waals surface area contributed by atoms with Gasteiger partial charge >= 0.3 is 0 Å². The molecule has 1 aliphatic heterocycles. The van der Waals surface area contributed by atoms with Crippen LogP contribution in [0.5, 0.6) is 5.75 Å². The highest BCUT2D eigenvalue weighted by Gasteiger charge is 2.47. The zero-order valence-corrected chi connectivity index (χ0v) is 19.6. The van der Waals surface area contributed by atoms with Gasteiger partial charge in [0.05, 0.1) is 18.2 Å². The van der Waals surface area contributed by atoms with E-state index in [4.69, 9.17) is 4.74 Å². The fourth-order valence-electron chi connectivity index (χ4n) is 4.28. The number of halogens is 1. The molecule has 0 bridgehead atoms. The van der Waals surface area contributed by atoms with Gasteiger partial charge in [0.25, 0.3) is 11.7 Å². The van der Waals surface area contributed by atoms with Crippen molar-refractivity contribution in [3.8, 4) is 5.75 Å². The monoisotopic (exact) mass is 473 g/mol. The number of ether oxygens (including phenoxy) is 1. The van der Waals surface area contributed by atoms with Crippen LogP contribution in [-0.2, 0) is 9.59 Å². The first kappa shape index (κ1) is 24.2. The second kappa shape index (κ2) is 11.0. The molecule has 0 spiro atoms. The van der Waals surface area contributed by atoms with Crippen molar-refractivity contribution in [3.63, 3.8) is 0 Å². The van der Waals surface area contributed by atoms with Crippen molar-refractivity contribution >= 4 is 23.1 Å². The summed E-state index contributed by atoms with van der Waals surface area (Å²) < 4.78 is 20.9. The number of amides is 1. The molecule has 3 aromatic carbocycles. The Kier molecular flexibility index (Phi) is 7.60. The Balaban J connectivity index is 1.77. The van der Waals surface area contributed by atoms with Crippen LogP contribution in [0, 0.1) is 5.82 Å². The number of benzene rings is 3. The summed E-state index contributed by atoms with van der Waals surface area (Å²) in [6.45, 7) is 2.68. The number of Topliss-reactive ketones (excluding diaryl/α,β-unsaturated/α-hetero) is 1. The quantitative estimate of drug-likeness (QED) is 0.169. The normalized spacial score (nSPS) is 17.1. The van der Waals surface area contributed by atoms with Crippen LogP contribution in [0.25, 0.3) is 5.76 Å². The maximum atomic E-state index is 15.0. The Hall–Kier alpha value is -3.93. The molecule has 0 aliphatic carbocycles. The summed E-state index contributed by atoms with van der Waals surface area (Å²) in [7, 11) is 0. The largest absolute Gasteiger partial charge is 0.507 e. The topological polar surface area (TPSA) is 66.8 Å². The van der Waals surface area contributed by atoms with Gasteiger partial charge in [0, 0.05) is 22.9 Å². The van der Waals surface area contributed by atoms with Crippen molar-refractivity contribution in [2.75, 3.05) is 11.5 Å². The van der Waals surface area contributed by atoms with Gasteiger partial charge in [-0.2, -0.15) is 0 Å². The Morgan fingerprint density at radius 3 is 2.43 bits per heavy atom. The lowest BCUT2D eigenvalue weighted by Crippen LogP contribution is -2.29. The van der Waals surface area contributed by atoms with E-state index < -0.39 is 23.5 Å². The molecule has 0 unspecified atom stereocenters. The zero-order valence-electron chi connectivity index (χ0n) is 19.6. The molecule has 1 fully saturated rings. The lowest BCUT2D eigenvalue weighted by Gasteiger charge is -2.26. The minimum absolute atomic E-state index is 0.120. The van der Waals surface area contributed by atoms with E-state index in [0.29, 0.717) is 23.6 Å². The van der Waals surface area contributed by atoms with Crippen molar-refractivity contribution in [1.29, 1.82) is 0 Å². The van der Waals surface area contributed by atoms with Gasteiger partial charge in [0.1, 0.15) is 17.3 Å². The van der Waals surface area contributed by atoms with Gasteiger partial charge in [0.2, 0.25) is 0 Å². The van der Waals surface area contributed by atoms with E-state index in [0.717, 1.165) is 25.7 Å². The third-order valence-corrected chi connectivity index (χ3v) is 6.05. The van der Waals surface area contributed by atoms with Gasteiger partial charge in [-0.05, 0) is 24.6 Å². The highest BCUT2D eigenvalue weighted by molar-refractivity contribution is 6.51. The highest BCUT2D eigenvalue weighted by atomic mass is 19.1. The van der Waals surface area contributed by atoms with Crippen LogP contribution >= 0.6 is 0 Å². The molecule has 1 heterocycles. The standard InChI is InChI=1S/C29H28FNO4/c1-2-3-4-10-18-35-22-15-11-14-21(19-22)31-26(23-16-8-9-17-24(23)30)25(28(33)29(31)34)27(32)20-12-6-5-7-13-20/h5-9,11-17,19,26,32H,2-4,10,18H2,1H3/t26-/m1/s1. The molecule has 0 saturated carbocycles. The first-order valence-electron chi connectivity index (χ1n) is 11.9. The number of aliphatic hydroxyl groups excluding tert-OH is 1. The molecule has 1 saturated heterocycles. The molecule has 180 valence electrons. The summed E-state index contributed by atoms with van der Waals surface area (Å²) in [6.07, 6.45) is 4.24. The van der Waals surface area contributed by atoms with Crippen molar-refractivity contribution in [3.05, 3.63) is 101 Å². The predicted octanol–water partition coefficient (Wildman–Crippen LogP) is 6.41. The van der Waals surface area contributed by atoms with E-state index in [1.165, 1.54) is 23.1 Å². The molecule has 6 heteroatoms. The maximum absolute atomic E-state index is 15.0. The summed E-state index contributed by atoms with van der Waals surface area (Å²) in [6, 6.07) is 20.1. The second-order valence-electron chi connectivity index (χ2n) is 8.46. The number of hydrogen-bond acceptors (Lipinski definition) is 4. The summed E-state index contributed by atoms with van der Waals surface area (Å²) >= 11 is 0. The molecule has 35 heavy (non-hydrogen) atoms. The van der Waals surface area contributed by atoms with Crippen LogP contribution in [-0.4, -0.2) is 23.4 Å². The molecular formula is C29H28FNO4. The third kappa shape index (κ3) is 5.11. The third-order valence-electron chi connectivity index (χ3n) is 6.05. The van der Waals surface area contributed by atoms with E-state index in [2.05, 4.69) is 6.92 Å². The summed E-state index contributed by atoms with van der Waals surface area (Å²) in [5.41, 5.74) is 0.724. The second-order valence-corrected chi connectivity index (χ2v) is 8.46. The lowest BCUT2D eigenvalue weighted by molar-refractivity contribution is -0.132. The summed E-state index contributed by atoms with van der Waals surface area (Å²) in [5.74, 6) is -2.08. The van der Waals surface area contributed by atoms with Crippen molar-refractivity contribution in [1.82, 2.24) is 0 Å². The number of hydrogen-bond donors (Lipinski definition) is 1. The SMILES string of the molecule is CCCCCCOc1cccc(N2C(=O)C(=O)C(=C(O)c3ccccc3)[C@H]2c2ccccc2F)c1. The average molecular weight is 474 g/mol. The molecule has 5 nitrogen and oxygen atoms in total. The van der Waals surface area contributed by atoms with Gasteiger partial charge in [-0.3, -0.25) is 14.5 Å². The zero-order chi connectivity index (χ0) is 24.8. The van der Waals surface area contributed by atoms with Gasteiger partial charge < -0.3 is 9.84 Å². The van der Waals surface area contributed by atoms with E-state index in [1.54, 1.807) is 60.7 Å². The van der Waals surface area contributed by atoms with E-state index in [9.17, 15) is 19.1 Å². The molecule has 1 amide bonds. The fraction of sp³-hybridized carbons (Fsp3) is 0.241. The van der Waals surface area contributed by atoms with Crippen LogP contribution in [0.4, 0.5) is 10.1 Å². The smallest absolute Gasteiger partial charge is 0.300 e. The molecular weight excluding hydrogens is 445 g/mol. The van der Waals surface area contributed by atoms with E-state index in [1.807, 2.05) is 0 Å². The van der Waals surface area contributed by atoms with Crippen LogP contribution < -0.4 is 9.64 Å². The highest BCUT2D eigenvalue weighted by Crippen LogP contribution is 2.43. The first-order chi connectivity index (χ1) is 17.0. The molecule has 1 aliphatic rings. The number of carbonyl (C=O) groups excluding carboxylic acids is 2. The van der Waals surface area contributed by atoms with Crippen LogP contribution in [0.1, 0.15) is 49.8 Å².